The van der Waals surface area contributed by atoms with Gasteiger partial charge in [-0.3, -0.25) is 4.79 Å². The van der Waals surface area contributed by atoms with Crippen LogP contribution in [-0.4, -0.2) is 18.0 Å². The van der Waals surface area contributed by atoms with Crippen molar-refractivity contribution in [2.24, 2.45) is 0 Å². The molecule has 120 valence electrons. The van der Waals surface area contributed by atoms with E-state index in [2.05, 4.69) is 10.3 Å². The standard InChI is InChI=1S/C18H14FN3O2/c1-24-17-8-3-2-5-11(17)16(10-20)22-18(23)15-9-12-13(19)6-4-7-14(12)21-15/h2-9,16,21H,1H3,(H,22,23). The van der Waals surface area contributed by atoms with Gasteiger partial charge in [0, 0.05) is 16.5 Å². The summed E-state index contributed by atoms with van der Waals surface area (Å²) in [4.78, 5) is 15.3. The summed E-state index contributed by atoms with van der Waals surface area (Å²) in [6, 6.07) is 14.1. The number of nitriles is 1. The number of fused-ring (bicyclic) bond motifs is 1. The minimum atomic E-state index is -0.884. The van der Waals surface area contributed by atoms with Gasteiger partial charge in [0.1, 0.15) is 23.3 Å². The summed E-state index contributed by atoms with van der Waals surface area (Å²) in [7, 11) is 1.50. The number of carbonyl (C=O) groups is 1. The maximum atomic E-state index is 13.7. The second kappa shape index (κ2) is 6.42. The third kappa shape index (κ3) is 2.79. The van der Waals surface area contributed by atoms with Gasteiger partial charge in [0.25, 0.3) is 5.91 Å². The van der Waals surface area contributed by atoms with Gasteiger partial charge in [0.15, 0.2) is 0 Å². The Kier molecular flexibility index (Phi) is 4.17. The number of rotatable bonds is 4. The summed E-state index contributed by atoms with van der Waals surface area (Å²) < 4.78 is 19.0. The number of aromatic nitrogens is 1. The molecule has 1 heterocycles. The van der Waals surface area contributed by atoms with E-state index >= 15 is 0 Å². The molecule has 6 heteroatoms. The molecule has 0 bridgehead atoms. The van der Waals surface area contributed by atoms with Crippen LogP contribution in [0.1, 0.15) is 22.1 Å². The highest BCUT2D eigenvalue weighted by molar-refractivity contribution is 5.98. The van der Waals surface area contributed by atoms with Gasteiger partial charge >= 0.3 is 0 Å². The fourth-order valence-corrected chi connectivity index (χ4v) is 2.53. The van der Waals surface area contributed by atoms with E-state index in [4.69, 9.17) is 4.74 Å². The zero-order valence-electron chi connectivity index (χ0n) is 12.8. The van der Waals surface area contributed by atoms with Gasteiger partial charge in [-0.2, -0.15) is 5.26 Å². The normalized spacial score (nSPS) is 11.7. The number of methoxy groups -OCH3 is 1. The number of nitrogens with zero attached hydrogens (tertiary/aromatic N) is 1. The highest BCUT2D eigenvalue weighted by Gasteiger charge is 2.20. The lowest BCUT2D eigenvalue weighted by Crippen LogP contribution is -2.28. The number of H-pyrrole nitrogens is 1. The Bertz CT molecular complexity index is 943. The van der Waals surface area contributed by atoms with Crippen LogP contribution in [0, 0.1) is 17.1 Å². The van der Waals surface area contributed by atoms with E-state index in [-0.39, 0.29) is 5.69 Å². The van der Waals surface area contributed by atoms with Crippen molar-refractivity contribution >= 4 is 16.8 Å². The van der Waals surface area contributed by atoms with Gasteiger partial charge in [-0.1, -0.05) is 24.3 Å². The Morgan fingerprint density at radius 3 is 2.79 bits per heavy atom. The first-order valence-corrected chi connectivity index (χ1v) is 7.24. The third-order valence-electron chi connectivity index (χ3n) is 3.71. The Labute approximate surface area is 137 Å². The van der Waals surface area contributed by atoms with Crippen molar-refractivity contribution in [3.05, 3.63) is 65.6 Å². The molecule has 0 saturated heterocycles. The largest absolute Gasteiger partial charge is 0.496 e. The lowest BCUT2D eigenvalue weighted by Gasteiger charge is -2.14. The van der Waals surface area contributed by atoms with Gasteiger partial charge in [-0.15, -0.1) is 0 Å². The highest BCUT2D eigenvalue weighted by atomic mass is 19.1. The molecule has 0 fully saturated rings. The highest BCUT2D eigenvalue weighted by Crippen LogP contribution is 2.25. The molecule has 1 unspecified atom stereocenters. The summed E-state index contributed by atoms with van der Waals surface area (Å²) in [6.07, 6.45) is 0. The molecule has 2 N–H and O–H groups in total. The molecule has 3 aromatic rings. The smallest absolute Gasteiger partial charge is 0.269 e. The van der Waals surface area contributed by atoms with Crippen LogP contribution >= 0.6 is 0 Å². The topological polar surface area (TPSA) is 77.9 Å². The predicted octanol–water partition coefficient (Wildman–Crippen LogP) is 3.31. The van der Waals surface area contributed by atoms with Gasteiger partial charge in [-0.05, 0) is 24.3 Å². The average Bonchev–Trinajstić information content (AvgIpc) is 3.05. The van der Waals surface area contributed by atoms with Crippen LogP contribution in [0.5, 0.6) is 5.75 Å². The van der Waals surface area contributed by atoms with Crippen molar-refractivity contribution in [2.75, 3.05) is 7.11 Å². The molecule has 0 radical (unpaired) electrons. The van der Waals surface area contributed by atoms with Gasteiger partial charge in [-0.25, -0.2) is 4.39 Å². The number of aromatic amines is 1. The van der Waals surface area contributed by atoms with Crippen molar-refractivity contribution < 1.29 is 13.9 Å². The summed E-state index contributed by atoms with van der Waals surface area (Å²) in [5, 5.41) is 12.3. The van der Waals surface area contributed by atoms with Crippen LogP contribution in [0.4, 0.5) is 4.39 Å². The van der Waals surface area contributed by atoms with Crippen molar-refractivity contribution in [3.8, 4) is 11.8 Å². The van der Waals surface area contributed by atoms with E-state index in [1.807, 2.05) is 6.07 Å². The SMILES string of the molecule is COc1ccccc1C(C#N)NC(=O)c1cc2c(F)cccc2[nH]1. The molecule has 1 atom stereocenters. The van der Waals surface area contributed by atoms with Crippen LogP contribution in [0.2, 0.25) is 0 Å². The quantitative estimate of drug-likeness (QED) is 0.773. The average molecular weight is 323 g/mol. The van der Waals surface area contributed by atoms with E-state index in [1.165, 1.54) is 19.2 Å². The van der Waals surface area contributed by atoms with Crippen LogP contribution in [0.25, 0.3) is 10.9 Å². The second-order valence-corrected chi connectivity index (χ2v) is 5.16. The molecular formula is C18H14FN3O2. The number of halogens is 1. The van der Waals surface area contributed by atoms with Crippen LogP contribution in [0.3, 0.4) is 0 Å². The van der Waals surface area contributed by atoms with Crippen LogP contribution in [-0.2, 0) is 0 Å². The number of amides is 1. The van der Waals surface area contributed by atoms with Crippen LogP contribution in [0.15, 0.2) is 48.5 Å². The van der Waals surface area contributed by atoms with Gasteiger partial charge < -0.3 is 15.0 Å². The predicted molar refractivity (Wildman–Crippen MR) is 87.1 cm³/mol. The van der Waals surface area contributed by atoms with E-state index in [0.717, 1.165) is 0 Å². The van der Waals surface area contributed by atoms with E-state index in [9.17, 15) is 14.4 Å². The molecule has 24 heavy (non-hydrogen) atoms. The lowest BCUT2D eigenvalue weighted by molar-refractivity contribution is 0.0940. The van der Waals surface area contributed by atoms with E-state index in [1.54, 1.807) is 36.4 Å². The van der Waals surface area contributed by atoms with Gasteiger partial charge in [0.2, 0.25) is 0 Å². The Hall–Kier alpha value is -3.33. The fraction of sp³-hybridized carbons (Fsp3) is 0.111. The first-order chi connectivity index (χ1) is 11.6. The number of hydrogen-bond donors (Lipinski definition) is 2. The summed E-state index contributed by atoms with van der Waals surface area (Å²) >= 11 is 0. The number of para-hydroxylation sites is 1. The molecule has 5 nitrogen and oxygen atoms in total. The van der Waals surface area contributed by atoms with E-state index < -0.39 is 17.8 Å². The lowest BCUT2D eigenvalue weighted by atomic mass is 10.1. The Morgan fingerprint density at radius 2 is 2.08 bits per heavy atom. The maximum absolute atomic E-state index is 13.7. The van der Waals surface area contributed by atoms with Crippen molar-refractivity contribution in [1.29, 1.82) is 5.26 Å². The minimum Gasteiger partial charge on any atom is -0.496 e. The monoisotopic (exact) mass is 323 g/mol. The third-order valence-corrected chi connectivity index (χ3v) is 3.71. The maximum Gasteiger partial charge on any atom is 0.269 e. The fourth-order valence-electron chi connectivity index (χ4n) is 2.53. The molecule has 1 aromatic heterocycles. The van der Waals surface area contributed by atoms with E-state index in [0.29, 0.717) is 22.2 Å². The Balaban J connectivity index is 1.89. The summed E-state index contributed by atoms with van der Waals surface area (Å²) in [5.41, 5.74) is 1.26. The first kappa shape index (κ1) is 15.6. The van der Waals surface area contributed by atoms with Crippen molar-refractivity contribution in [1.82, 2.24) is 10.3 Å². The number of ether oxygens (including phenoxy) is 1. The summed E-state index contributed by atoms with van der Waals surface area (Å²) in [5.74, 6) is -0.403. The molecule has 0 spiro atoms. The second-order valence-electron chi connectivity index (χ2n) is 5.16. The minimum absolute atomic E-state index is 0.185. The number of carbonyl (C=O) groups excluding carboxylic acids is 1. The molecule has 0 aliphatic rings. The Morgan fingerprint density at radius 1 is 1.29 bits per heavy atom. The molecule has 0 aliphatic carbocycles. The van der Waals surface area contributed by atoms with Gasteiger partial charge in [0.05, 0.1) is 13.2 Å². The number of hydrogen-bond acceptors (Lipinski definition) is 3. The molecular weight excluding hydrogens is 309 g/mol. The number of nitrogens with one attached hydrogen (secondary N) is 2. The molecule has 2 aromatic carbocycles. The summed E-state index contributed by atoms with van der Waals surface area (Å²) in [6.45, 7) is 0. The number of benzene rings is 2. The molecule has 1 amide bonds. The van der Waals surface area contributed by atoms with Crippen LogP contribution < -0.4 is 10.1 Å². The van der Waals surface area contributed by atoms with Crippen molar-refractivity contribution in [2.45, 2.75) is 6.04 Å². The molecule has 0 saturated carbocycles. The first-order valence-electron chi connectivity index (χ1n) is 7.24. The zero-order valence-corrected chi connectivity index (χ0v) is 12.8. The molecule has 0 aliphatic heterocycles. The zero-order chi connectivity index (χ0) is 17.1. The molecule has 3 rings (SSSR count). The van der Waals surface area contributed by atoms with Crippen molar-refractivity contribution in [3.63, 3.8) is 0 Å².